The average Bonchev–Trinajstić information content (AvgIpc) is 2.67. The molecule has 0 aromatic heterocycles. The number of hydrogen-bond acceptors (Lipinski definition) is 7. The first kappa shape index (κ1) is 26.8. The number of carboxylic acid groups (broad SMARTS) is 1. The molecule has 0 saturated heterocycles. The Kier molecular flexibility index (Phi) is 12.8. The Bertz CT molecular complexity index is 557. The fourth-order valence-electron chi connectivity index (χ4n) is 2.44. The lowest BCUT2D eigenvalue weighted by Gasteiger charge is -2.25. The van der Waals surface area contributed by atoms with Crippen LogP contribution in [0.25, 0.3) is 0 Å². The number of hydrogen-bond donors (Lipinski definition) is 7. The normalized spacial score (nSPS) is 16.1. The highest BCUT2D eigenvalue weighted by molar-refractivity contribution is 5.92. The maximum absolute atomic E-state index is 12.6. The van der Waals surface area contributed by atoms with Crippen molar-refractivity contribution in [2.45, 2.75) is 70.7 Å². The van der Waals surface area contributed by atoms with Gasteiger partial charge in [-0.3, -0.25) is 14.4 Å². The Balaban J connectivity index is 4.93. The van der Waals surface area contributed by atoms with E-state index in [2.05, 4.69) is 16.0 Å². The number of carbonyl (C=O) groups excluding carboxylic acids is 3. The fourth-order valence-corrected chi connectivity index (χ4v) is 2.44. The number of aliphatic hydroxyl groups is 1. The monoisotopic (exact) mass is 417 g/mol. The molecule has 9 N–H and O–H groups in total. The molecule has 0 heterocycles. The van der Waals surface area contributed by atoms with Crippen LogP contribution in [0.15, 0.2) is 0 Å². The number of nitrogens with one attached hydrogen (secondary N) is 3. The standard InChI is InChI=1S/C18H35N5O6/c1-4-10(2)15(17(27)22-12(18(28)29)7-5-6-8-19)23-13(25)9-21-16(26)14(20)11(3)24/h10-12,14-15,24H,4-9,19-20H2,1-3H3,(H,21,26)(H,22,27)(H,23,25)(H,28,29). The van der Waals surface area contributed by atoms with Crippen molar-refractivity contribution in [1.82, 2.24) is 16.0 Å². The van der Waals surface area contributed by atoms with E-state index in [4.69, 9.17) is 11.5 Å². The minimum atomic E-state index is -1.18. The lowest BCUT2D eigenvalue weighted by Crippen LogP contribution is -2.56. The Morgan fingerprint density at radius 1 is 1.03 bits per heavy atom. The van der Waals surface area contributed by atoms with Crippen molar-refractivity contribution >= 4 is 23.7 Å². The van der Waals surface area contributed by atoms with Gasteiger partial charge in [-0.1, -0.05) is 20.3 Å². The van der Waals surface area contributed by atoms with Crippen LogP contribution in [0.4, 0.5) is 0 Å². The van der Waals surface area contributed by atoms with Gasteiger partial charge in [-0.2, -0.15) is 0 Å². The summed E-state index contributed by atoms with van der Waals surface area (Å²) >= 11 is 0. The van der Waals surface area contributed by atoms with Crippen LogP contribution in [0.5, 0.6) is 0 Å². The average molecular weight is 418 g/mol. The minimum absolute atomic E-state index is 0.229. The van der Waals surface area contributed by atoms with Gasteiger partial charge < -0.3 is 37.6 Å². The Hall–Kier alpha value is -2.24. The molecule has 0 radical (unpaired) electrons. The molecule has 0 aromatic carbocycles. The summed E-state index contributed by atoms with van der Waals surface area (Å²) < 4.78 is 0. The topological polar surface area (TPSA) is 197 Å². The maximum atomic E-state index is 12.6. The largest absolute Gasteiger partial charge is 0.480 e. The number of aliphatic carboxylic acids is 1. The second-order valence-corrected chi connectivity index (χ2v) is 7.10. The van der Waals surface area contributed by atoms with Gasteiger partial charge in [0.25, 0.3) is 0 Å². The van der Waals surface area contributed by atoms with Crippen molar-refractivity contribution in [1.29, 1.82) is 0 Å². The summed E-state index contributed by atoms with van der Waals surface area (Å²) in [4.78, 5) is 47.9. The third kappa shape index (κ3) is 10.2. The molecule has 0 saturated carbocycles. The summed E-state index contributed by atoms with van der Waals surface area (Å²) in [6, 6.07) is -3.23. The first-order valence-electron chi connectivity index (χ1n) is 9.79. The molecular formula is C18H35N5O6. The highest BCUT2D eigenvalue weighted by atomic mass is 16.4. The van der Waals surface area contributed by atoms with Gasteiger partial charge in [0.05, 0.1) is 12.6 Å². The molecule has 5 atom stereocenters. The van der Waals surface area contributed by atoms with Crippen molar-refractivity contribution in [2.75, 3.05) is 13.1 Å². The predicted molar refractivity (Wildman–Crippen MR) is 107 cm³/mol. The van der Waals surface area contributed by atoms with Crippen LogP contribution >= 0.6 is 0 Å². The molecule has 0 aromatic rings. The maximum Gasteiger partial charge on any atom is 0.326 e. The van der Waals surface area contributed by atoms with Crippen LogP contribution in [0.1, 0.15) is 46.5 Å². The molecule has 0 spiro atoms. The fraction of sp³-hybridized carbons (Fsp3) is 0.778. The van der Waals surface area contributed by atoms with Crippen LogP contribution in [-0.2, 0) is 19.2 Å². The molecule has 0 fully saturated rings. The number of aliphatic hydroxyl groups excluding tert-OH is 1. The number of unbranched alkanes of at least 4 members (excludes halogenated alkanes) is 1. The van der Waals surface area contributed by atoms with Crippen molar-refractivity contribution < 1.29 is 29.4 Å². The molecule has 3 amide bonds. The summed E-state index contributed by atoms with van der Waals surface area (Å²) in [6.07, 6.45) is 0.891. The number of amides is 3. The van der Waals surface area contributed by atoms with E-state index in [0.717, 1.165) is 0 Å². The molecular weight excluding hydrogens is 382 g/mol. The zero-order valence-corrected chi connectivity index (χ0v) is 17.3. The van der Waals surface area contributed by atoms with E-state index in [0.29, 0.717) is 25.8 Å². The van der Waals surface area contributed by atoms with E-state index in [1.165, 1.54) is 6.92 Å². The van der Waals surface area contributed by atoms with Gasteiger partial charge in [0, 0.05) is 0 Å². The van der Waals surface area contributed by atoms with E-state index < -0.39 is 54.5 Å². The second kappa shape index (κ2) is 13.9. The van der Waals surface area contributed by atoms with Gasteiger partial charge in [-0.25, -0.2) is 4.79 Å². The molecule has 11 heteroatoms. The van der Waals surface area contributed by atoms with Crippen molar-refractivity contribution in [3.8, 4) is 0 Å². The highest BCUT2D eigenvalue weighted by Crippen LogP contribution is 2.09. The lowest BCUT2D eigenvalue weighted by atomic mass is 9.97. The van der Waals surface area contributed by atoms with Gasteiger partial charge in [-0.15, -0.1) is 0 Å². The quantitative estimate of drug-likeness (QED) is 0.158. The van der Waals surface area contributed by atoms with Crippen LogP contribution in [0.3, 0.4) is 0 Å². The summed E-state index contributed by atoms with van der Waals surface area (Å²) in [5, 5.41) is 25.9. The van der Waals surface area contributed by atoms with Crippen LogP contribution in [-0.4, -0.2) is 71.2 Å². The summed E-state index contributed by atoms with van der Waals surface area (Å²) in [7, 11) is 0. The van der Waals surface area contributed by atoms with Crippen LogP contribution in [0, 0.1) is 5.92 Å². The van der Waals surface area contributed by atoms with E-state index >= 15 is 0 Å². The number of carboxylic acids is 1. The molecule has 5 unspecified atom stereocenters. The van der Waals surface area contributed by atoms with E-state index in [-0.39, 0.29) is 12.3 Å². The van der Waals surface area contributed by atoms with Crippen molar-refractivity contribution in [3.63, 3.8) is 0 Å². The zero-order valence-electron chi connectivity index (χ0n) is 17.3. The first-order valence-corrected chi connectivity index (χ1v) is 9.79. The Morgan fingerprint density at radius 3 is 2.14 bits per heavy atom. The van der Waals surface area contributed by atoms with Gasteiger partial charge in [0.2, 0.25) is 17.7 Å². The molecule has 29 heavy (non-hydrogen) atoms. The van der Waals surface area contributed by atoms with Crippen LogP contribution in [0.2, 0.25) is 0 Å². The van der Waals surface area contributed by atoms with Crippen molar-refractivity contribution in [3.05, 3.63) is 0 Å². The zero-order chi connectivity index (χ0) is 22.6. The van der Waals surface area contributed by atoms with E-state index in [1.807, 2.05) is 6.92 Å². The number of rotatable bonds is 14. The van der Waals surface area contributed by atoms with Crippen LogP contribution < -0.4 is 27.4 Å². The first-order chi connectivity index (χ1) is 13.5. The van der Waals surface area contributed by atoms with Gasteiger partial charge >= 0.3 is 5.97 Å². The van der Waals surface area contributed by atoms with Gasteiger partial charge in [0.15, 0.2) is 0 Å². The number of carbonyl (C=O) groups is 4. The highest BCUT2D eigenvalue weighted by Gasteiger charge is 2.30. The summed E-state index contributed by atoms with van der Waals surface area (Å²) in [5.74, 6) is -3.38. The number of nitrogens with two attached hydrogens (primary N) is 2. The minimum Gasteiger partial charge on any atom is -0.480 e. The third-order valence-electron chi connectivity index (χ3n) is 4.62. The van der Waals surface area contributed by atoms with E-state index in [9.17, 15) is 29.4 Å². The molecule has 0 bridgehead atoms. The predicted octanol–water partition coefficient (Wildman–Crippen LogP) is -1.96. The summed E-state index contributed by atoms with van der Waals surface area (Å²) in [6.45, 7) is 4.92. The molecule has 0 aliphatic carbocycles. The third-order valence-corrected chi connectivity index (χ3v) is 4.62. The van der Waals surface area contributed by atoms with Gasteiger partial charge in [0.1, 0.15) is 18.1 Å². The second-order valence-electron chi connectivity index (χ2n) is 7.10. The Morgan fingerprint density at radius 2 is 1.66 bits per heavy atom. The van der Waals surface area contributed by atoms with E-state index in [1.54, 1.807) is 6.92 Å². The Labute approximate surface area is 171 Å². The lowest BCUT2D eigenvalue weighted by molar-refractivity contribution is -0.142. The molecule has 0 aliphatic rings. The van der Waals surface area contributed by atoms with Crippen molar-refractivity contribution in [2.24, 2.45) is 17.4 Å². The summed E-state index contributed by atoms with van der Waals surface area (Å²) in [5.41, 5.74) is 10.9. The molecule has 11 nitrogen and oxygen atoms in total. The molecule has 168 valence electrons. The molecule has 0 aliphatic heterocycles. The SMILES string of the molecule is CCC(C)C(NC(=O)CNC(=O)C(N)C(C)O)C(=O)NC(CCCCN)C(=O)O. The smallest absolute Gasteiger partial charge is 0.326 e. The van der Waals surface area contributed by atoms with Gasteiger partial charge in [-0.05, 0) is 38.6 Å². The molecule has 0 rings (SSSR count).